The van der Waals surface area contributed by atoms with Crippen LogP contribution in [0.3, 0.4) is 0 Å². The highest BCUT2D eigenvalue weighted by molar-refractivity contribution is 5.81. The molecule has 1 aliphatic carbocycles. The van der Waals surface area contributed by atoms with Gasteiger partial charge in [0.1, 0.15) is 0 Å². The molecule has 1 heterocycles. The van der Waals surface area contributed by atoms with E-state index in [1.54, 1.807) is 0 Å². The largest absolute Gasteiger partial charge is 0.393 e. The Morgan fingerprint density at radius 2 is 1.50 bits per heavy atom. The third-order valence-electron chi connectivity index (χ3n) is 4.59. The first-order chi connectivity index (χ1) is 9.36. The van der Waals surface area contributed by atoms with Crippen LogP contribution in [-0.4, -0.2) is 47.2 Å². The van der Waals surface area contributed by atoms with Gasteiger partial charge in [-0.2, -0.15) is 0 Å². The summed E-state index contributed by atoms with van der Waals surface area (Å²) >= 11 is 0. The number of rotatable bonds is 2. The molecule has 20 heavy (non-hydrogen) atoms. The minimum Gasteiger partial charge on any atom is -0.393 e. The molecule has 0 atom stereocenters. The fraction of sp³-hybridized carbons (Fsp3) is 0.938. The summed E-state index contributed by atoms with van der Waals surface area (Å²) in [6.45, 7) is 7.74. The summed E-state index contributed by atoms with van der Waals surface area (Å²) < 4.78 is 0. The molecule has 1 aliphatic heterocycles. The van der Waals surface area contributed by atoms with Crippen molar-refractivity contribution in [3.05, 3.63) is 0 Å². The molecule has 0 spiro atoms. The quantitative estimate of drug-likeness (QED) is 0.813. The molecule has 0 radical (unpaired) electrons. The molecule has 1 saturated carbocycles. The van der Waals surface area contributed by atoms with Gasteiger partial charge < -0.3 is 15.3 Å². The van der Waals surface area contributed by atoms with Gasteiger partial charge in [0.2, 0.25) is 5.91 Å². The number of hydrogen-bond acceptors (Lipinski definition) is 3. The van der Waals surface area contributed by atoms with Crippen LogP contribution in [0, 0.1) is 5.41 Å². The molecule has 0 aromatic rings. The lowest BCUT2D eigenvalue weighted by Crippen LogP contribution is -2.50. The van der Waals surface area contributed by atoms with Gasteiger partial charge in [-0.25, -0.2) is 0 Å². The maximum atomic E-state index is 12.2. The standard InChI is InChI=1S/C16H30N2O2/c1-16(2,3)15(20)18-10-8-13(9-11-18)17-12-4-6-14(19)7-5-12/h12-14,17,19H,4-11H2,1-3H3. The van der Waals surface area contributed by atoms with Crippen molar-refractivity contribution in [2.45, 2.75) is 77.5 Å². The van der Waals surface area contributed by atoms with E-state index in [1.165, 1.54) is 0 Å². The van der Waals surface area contributed by atoms with Crippen molar-refractivity contribution in [1.82, 2.24) is 10.2 Å². The fourth-order valence-corrected chi connectivity index (χ4v) is 3.30. The number of hydrogen-bond donors (Lipinski definition) is 2. The van der Waals surface area contributed by atoms with E-state index >= 15 is 0 Å². The molecule has 0 bridgehead atoms. The van der Waals surface area contributed by atoms with Crippen molar-refractivity contribution in [3.63, 3.8) is 0 Å². The zero-order valence-corrected chi connectivity index (χ0v) is 13.2. The van der Waals surface area contributed by atoms with Gasteiger partial charge in [0.15, 0.2) is 0 Å². The number of piperidine rings is 1. The van der Waals surface area contributed by atoms with E-state index in [9.17, 15) is 9.90 Å². The number of aliphatic hydroxyl groups excluding tert-OH is 1. The number of nitrogens with zero attached hydrogens (tertiary/aromatic N) is 1. The summed E-state index contributed by atoms with van der Waals surface area (Å²) in [5.41, 5.74) is -0.264. The summed E-state index contributed by atoms with van der Waals surface area (Å²) in [6, 6.07) is 1.10. The molecule has 4 nitrogen and oxygen atoms in total. The van der Waals surface area contributed by atoms with Crippen LogP contribution < -0.4 is 5.32 Å². The zero-order chi connectivity index (χ0) is 14.8. The summed E-state index contributed by atoms with van der Waals surface area (Å²) in [6.07, 6.45) is 6.06. The third kappa shape index (κ3) is 4.19. The van der Waals surface area contributed by atoms with Gasteiger partial charge in [-0.15, -0.1) is 0 Å². The Bertz CT molecular complexity index is 322. The second-order valence-corrected chi connectivity index (χ2v) is 7.49. The smallest absolute Gasteiger partial charge is 0.227 e. The van der Waals surface area contributed by atoms with Gasteiger partial charge in [-0.3, -0.25) is 4.79 Å². The van der Waals surface area contributed by atoms with E-state index in [0.717, 1.165) is 51.6 Å². The van der Waals surface area contributed by atoms with Crippen LogP contribution in [0.1, 0.15) is 59.3 Å². The highest BCUT2D eigenvalue weighted by Gasteiger charge is 2.31. The van der Waals surface area contributed by atoms with Crippen molar-refractivity contribution in [3.8, 4) is 0 Å². The number of aliphatic hydroxyl groups is 1. The second-order valence-electron chi connectivity index (χ2n) is 7.49. The minimum absolute atomic E-state index is 0.0840. The van der Waals surface area contributed by atoms with Crippen molar-refractivity contribution >= 4 is 5.91 Å². The average molecular weight is 282 g/mol. The Balaban J connectivity index is 1.73. The maximum absolute atomic E-state index is 12.2. The maximum Gasteiger partial charge on any atom is 0.227 e. The molecule has 1 saturated heterocycles. The van der Waals surface area contributed by atoms with E-state index in [-0.39, 0.29) is 17.4 Å². The topological polar surface area (TPSA) is 52.6 Å². The first-order valence-electron chi connectivity index (χ1n) is 8.10. The molecule has 116 valence electrons. The van der Waals surface area contributed by atoms with Crippen molar-refractivity contribution in [2.24, 2.45) is 5.41 Å². The van der Waals surface area contributed by atoms with E-state index in [2.05, 4.69) is 5.32 Å². The SMILES string of the molecule is CC(C)(C)C(=O)N1CCC(NC2CCC(O)CC2)CC1. The normalized spacial score (nSPS) is 29.5. The predicted octanol–water partition coefficient (Wildman–Crippen LogP) is 1.92. The molecule has 2 aliphatic rings. The monoisotopic (exact) mass is 282 g/mol. The van der Waals surface area contributed by atoms with E-state index in [1.807, 2.05) is 25.7 Å². The van der Waals surface area contributed by atoms with Gasteiger partial charge in [0, 0.05) is 30.6 Å². The van der Waals surface area contributed by atoms with Gasteiger partial charge in [-0.1, -0.05) is 20.8 Å². The van der Waals surface area contributed by atoms with Gasteiger partial charge >= 0.3 is 0 Å². The zero-order valence-electron chi connectivity index (χ0n) is 13.2. The first kappa shape index (κ1) is 15.8. The van der Waals surface area contributed by atoms with Crippen LogP contribution in [0.2, 0.25) is 0 Å². The van der Waals surface area contributed by atoms with Gasteiger partial charge in [0.05, 0.1) is 6.10 Å². The lowest BCUT2D eigenvalue weighted by atomic mass is 9.90. The molecule has 0 unspecified atom stereocenters. The minimum atomic E-state index is -0.264. The van der Waals surface area contributed by atoms with Crippen LogP contribution in [0.25, 0.3) is 0 Å². The average Bonchev–Trinajstić information content (AvgIpc) is 2.40. The fourth-order valence-electron chi connectivity index (χ4n) is 3.30. The molecular weight excluding hydrogens is 252 g/mol. The van der Waals surface area contributed by atoms with Crippen molar-refractivity contribution in [2.75, 3.05) is 13.1 Å². The van der Waals surface area contributed by atoms with Gasteiger partial charge in [-0.05, 0) is 38.5 Å². The summed E-state index contributed by atoms with van der Waals surface area (Å²) in [7, 11) is 0. The first-order valence-corrected chi connectivity index (χ1v) is 8.10. The molecule has 2 fully saturated rings. The molecule has 0 aromatic carbocycles. The lowest BCUT2D eigenvalue weighted by Gasteiger charge is -2.38. The molecule has 2 rings (SSSR count). The Hall–Kier alpha value is -0.610. The Morgan fingerprint density at radius 1 is 1.00 bits per heavy atom. The molecule has 0 aromatic heterocycles. The van der Waals surface area contributed by atoms with E-state index < -0.39 is 0 Å². The van der Waals surface area contributed by atoms with Crippen LogP contribution in [0.15, 0.2) is 0 Å². The molecular formula is C16H30N2O2. The van der Waals surface area contributed by atoms with Crippen LogP contribution >= 0.6 is 0 Å². The van der Waals surface area contributed by atoms with Crippen LogP contribution in [0.4, 0.5) is 0 Å². The van der Waals surface area contributed by atoms with E-state index in [0.29, 0.717) is 12.1 Å². The molecule has 1 amide bonds. The molecule has 2 N–H and O–H groups in total. The van der Waals surface area contributed by atoms with Gasteiger partial charge in [0.25, 0.3) is 0 Å². The highest BCUT2D eigenvalue weighted by atomic mass is 16.3. The Kier molecular flexibility index (Phi) is 5.08. The highest BCUT2D eigenvalue weighted by Crippen LogP contribution is 2.23. The summed E-state index contributed by atoms with van der Waals surface area (Å²) in [4.78, 5) is 14.2. The number of nitrogens with one attached hydrogen (secondary N) is 1. The van der Waals surface area contributed by atoms with Crippen LogP contribution in [-0.2, 0) is 4.79 Å². The summed E-state index contributed by atoms with van der Waals surface area (Å²) in [5, 5.41) is 13.3. The number of carbonyl (C=O) groups excluding carboxylic acids is 1. The molecule has 4 heteroatoms. The summed E-state index contributed by atoms with van der Waals surface area (Å²) in [5.74, 6) is 0.275. The lowest BCUT2D eigenvalue weighted by molar-refractivity contribution is -0.140. The third-order valence-corrected chi connectivity index (χ3v) is 4.59. The van der Waals surface area contributed by atoms with Crippen LogP contribution in [0.5, 0.6) is 0 Å². The Morgan fingerprint density at radius 3 is 2.00 bits per heavy atom. The Labute approximate surface area is 122 Å². The van der Waals surface area contributed by atoms with Crippen molar-refractivity contribution in [1.29, 1.82) is 0 Å². The van der Waals surface area contributed by atoms with Crippen molar-refractivity contribution < 1.29 is 9.90 Å². The number of carbonyl (C=O) groups is 1. The van der Waals surface area contributed by atoms with E-state index in [4.69, 9.17) is 0 Å². The number of likely N-dealkylation sites (tertiary alicyclic amines) is 1. The predicted molar refractivity (Wildman–Crippen MR) is 80.5 cm³/mol. The second kappa shape index (κ2) is 6.44. The number of amides is 1.